The van der Waals surface area contributed by atoms with Crippen molar-refractivity contribution < 1.29 is 18.0 Å². The topological polar surface area (TPSA) is 41.1 Å². The minimum atomic E-state index is -1.14. The quantitative estimate of drug-likeness (QED) is 0.409. The van der Waals surface area contributed by atoms with Crippen LogP contribution in [0.25, 0.3) is 11.1 Å². The standard InChI is InChI=1S/C23H23F3N2O.C4H6.C2H6/c1-3-14(4-2)18-7-8-20(22(26)21(18)25)28-23(29)16-5-6-17(19(24)13-16)15-9-11-27-12-10-15;1-3-4-2;1-2/h3,5-9,13,27H,4,10-12H2,1-2H3,(H,28,29);3-4H,1-2H2;1-2H3/b14-3+;;. The molecule has 2 aromatic rings. The molecule has 2 aromatic carbocycles. The molecule has 3 nitrogen and oxygen atoms in total. The highest BCUT2D eigenvalue weighted by molar-refractivity contribution is 6.04. The molecule has 1 aliphatic rings. The average molecular weight is 485 g/mol. The zero-order valence-electron chi connectivity index (χ0n) is 21.0. The van der Waals surface area contributed by atoms with E-state index in [1.165, 1.54) is 18.2 Å². The third-order valence-electron chi connectivity index (χ3n) is 5.21. The Bertz CT molecular complexity index is 1080. The second-order valence-corrected chi connectivity index (χ2v) is 7.26. The molecule has 0 saturated heterocycles. The molecule has 0 fully saturated rings. The minimum Gasteiger partial charge on any atom is -0.319 e. The normalized spacial score (nSPS) is 12.8. The summed E-state index contributed by atoms with van der Waals surface area (Å²) in [5.74, 6) is -3.38. The molecule has 2 N–H and O–H groups in total. The van der Waals surface area contributed by atoms with Gasteiger partial charge in [-0.1, -0.05) is 64.3 Å². The zero-order valence-corrected chi connectivity index (χ0v) is 21.0. The van der Waals surface area contributed by atoms with Crippen molar-refractivity contribution in [3.63, 3.8) is 0 Å². The second-order valence-electron chi connectivity index (χ2n) is 7.26. The van der Waals surface area contributed by atoms with Crippen LogP contribution >= 0.6 is 0 Å². The number of nitrogens with one attached hydrogen (secondary N) is 2. The van der Waals surface area contributed by atoms with E-state index in [4.69, 9.17) is 0 Å². The van der Waals surface area contributed by atoms with Gasteiger partial charge in [-0.25, -0.2) is 13.2 Å². The van der Waals surface area contributed by atoms with Crippen LogP contribution in [-0.2, 0) is 0 Å². The first-order valence-corrected chi connectivity index (χ1v) is 11.8. The largest absolute Gasteiger partial charge is 0.319 e. The number of allylic oxidation sites excluding steroid dienone is 4. The number of halogens is 3. The first-order chi connectivity index (χ1) is 16.9. The van der Waals surface area contributed by atoms with Crippen LogP contribution in [0.1, 0.15) is 62.0 Å². The third-order valence-corrected chi connectivity index (χ3v) is 5.21. The Kier molecular flexibility index (Phi) is 13.1. The minimum absolute atomic E-state index is 0.0346. The van der Waals surface area contributed by atoms with Crippen molar-refractivity contribution in [3.8, 4) is 0 Å². The fourth-order valence-electron chi connectivity index (χ4n) is 3.42. The Hall–Kier alpha value is -3.38. The lowest BCUT2D eigenvalue weighted by Gasteiger charge is -2.15. The van der Waals surface area contributed by atoms with Crippen molar-refractivity contribution in [1.82, 2.24) is 5.32 Å². The van der Waals surface area contributed by atoms with Gasteiger partial charge in [-0.05, 0) is 61.7 Å². The molecule has 0 bridgehead atoms. The van der Waals surface area contributed by atoms with Crippen LogP contribution in [0.3, 0.4) is 0 Å². The number of rotatable bonds is 6. The van der Waals surface area contributed by atoms with Crippen LogP contribution in [0.4, 0.5) is 18.9 Å². The smallest absolute Gasteiger partial charge is 0.255 e. The molecule has 0 radical (unpaired) electrons. The Morgan fingerprint density at radius 2 is 1.77 bits per heavy atom. The van der Waals surface area contributed by atoms with Crippen LogP contribution in [0.15, 0.2) is 67.8 Å². The fourth-order valence-corrected chi connectivity index (χ4v) is 3.42. The summed E-state index contributed by atoms with van der Waals surface area (Å²) in [4.78, 5) is 12.4. The van der Waals surface area contributed by atoms with Crippen LogP contribution in [0.5, 0.6) is 0 Å². The molecule has 1 amide bonds. The molecule has 0 spiro atoms. The number of benzene rings is 2. The van der Waals surface area contributed by atoms with E-state index in [9.17, 15) is 18.0 Å². The summed E-state index contributed by atoms with van der Waals surface area (Å²) >= 11 is 0. The number of hydrogen-bond donors (Lipinski definition) is 2. The second kappa shape index (κ2) is 15.5. The highest BCUT2D eigenvalue weighted by atomic mass is 19.2. The summed E-state index contributed by atoms with van der Waals surface area (Å²) in [5.41, 5.74) is 1.91. The summed E-state index contributed by atoms with van der Waals surface area (Å²) in [7, 11) is 0. The van der Waals surface area contributed by atoms with Gasteiger partial charge in [-0.2, -0.15) is 0 Å². The summed E-state index contributed by atoms with van der Waals surface area (Å²) in [6.45, 7) is 15.8. The number of carbonyl (C=O) groups is 1. The van der Waals surface area contributed by atoms with E-state index in [1.807, 2.05) is 26.8 Å². The molecule has 3 rings (SSSR count). The van der Waals surface area contributed by atoms with Gasteiger partial charge in [-0.15, -0.1) is 0 Å². The van der Waals surface area contributed by atoms with E-state index >= 15 is 0 Å². The molecule has 35 heavy (non-hydrogen) atoms. The van der Waals surface area contributed by atoms with Crippen molar-refractivity contribution >= 4 is 22.7 Å². The Balaban J connectivity index is 0.000000926. The van der Waals surface area contributed by atoms with Crippen LogP contribution in [-0.4, -0.2) is 19.0 Å². The van der Waals surface area contributed by atoms with E-state index in [0.717, 1.165) is 18.2 Å². The van der Waals surface area contributed by atoms with Crippen LogP contribution < -0.4 is 10.6 Å². The Labute approximate surface area is 207 Å². The molecule has 6 heteroatoms. The van der Waals surface area contributed by atoms with Crippen LogP contribution in [0, 0.1) is 17.5 Å². The van der Waals surface area contributed by atoms with Gasteiger partial charge in [0, 0.05) is 23.2 Å². The number of amides is 1. The maximum absolute atomic E-state index is 14.5. The lowest BCUT2D eigenvalue weighted by atomic mass is 9.98. The van der Waals surface area contributed by atoms with Crippen molar-refractivity contribution in [3.05, 3.63) is 102 Å². The van der Waals surface area contributed by atoms with E-state index in [-0.39, 0.29) is 16.8 Å². The van der Waals surface area contributed by atoms with Crippen molar-refractivity contribution in [1.29, 1.82) is 0 Å². The third kappa shape index (κ3) is 8.11. The maximum Gasteiger partial charge on any atom is 0.255 e. The lowest BCUT2D eigenvalue weighted by molar-refractivity contribution is 0.102. The average Bonchev–Trinajstić information content (AvgIpc) is 2.90. The number of hydrogen-bond acceptors (Lipinski definition) is 2. The Morgan fingerprint density at radius 3 is 2.29 bits per heavy atom. The van der Waals surface area contributed by atoms with Gasteiger partial charge < -0.3 is 10.6 Å². The predicted octanol–water partition coefficient (Wildman–Crippen LogP) is 7.93. The predicted molar refractivity (Wildman–Crippen MR) is 142 cm³/mol. The van der Waals surface area contributed by atoms with Gasteiger partial charge in [0.05, 0.1) is 5.69 Å². The first kappa shape index (κ1) is 29.7. The monoisotopic (exact) mass is 484 g/mol. The number of carbonyl (C=O) groups excluding carboxylic acids is 1. The molecule has 188 valence electrons. The van der Waals surface area contributed by atoms with Gasteiger partial charge in [-0.3, -0.25) is 4.79 Å². The zero-order chi connectivity index (χ0) is 26.4. The van der Waals surface area contributed by atoms with E-state index in [2.05, 4.69) is 23.8 Å². The van der Waals surface area contributed by atoms with Crippen molar-refractivity contribution in [2.24, 2.45) is 0 Å². The summed E-state index contributed by atoms with van der Waals surface area (Å²) in [6, 6.07) is 6.88. The van der Waals surface area contributed by atoms with Gasteiger partial charge in [0.2, 0.25) is 0 Å². The molecular weight excluding hydrogens is 449 g/mol. The lowest BCUT2D eigenvalue weighted by Crippen LogP contribution is -2.20. The molecule has 1 heterocycles. The van der Waals surface area contributed by atoms with E-state index in [1.54, 1.807) is 31.2 Å². The Morgan fingerprint density at radius 1 is 1.09 bits per heavy atom. The van der Waals surface area contributed by atoms with E-state index in [0.29, 0.717) is 30.5 Å². The molecule has 0 aliphatic carbocycles. The molecule has 0 unspecified atom stereocenters. The molecule has 0 saturated carbocycles. The van der Waals surface area contributed by atoms with Gasteiger partial charge in [0.15, 0.2) is 11.6 Å². The SMILES string of the molecule is C/C=C(\CC)c1ccc(NC(=O)c2ccc(C3=CCNCC3)c(F)c2)c(F)c1F.C=CC=C.CC. The van der Waals surface area contributed by atoms with E-state index < -0.39 is 23.4 Å². The first-order valence-electron chi connectivity index (χ1n) is 11.8. The van der Waals surface area contributed by atoms with Crippen molar-refractivity contribution in [2.45, 2.75) is 40.5 Å². The molecule has 1 aliphatic heterocycles. The molecule has 0 aromatic heterocycles. The fraction of sp³-hybridized carbons (Fsp3) is 0.276. The highest BCUT2D eigenvalue weighted by Gasteiger charge is 2.19. The summed E-state index contributed by atoms with van der Waals surface area (Å²) in [5, 5.41) is 5.49. The van der Waals surface area contributed by atoms with Gasteiger partial charge >= 0.3 is 0 Å². The molecule has 0 atom stereocenters. The van der Waals surface area contributed by atoms with Gasteiger partial charge in [0.1, 0.15) is 5.82 Å². The highest BCUT2D eigenvalue weighted by Crippen LogP contribution is 2.28. The van der Waals surface area contributed by atoms with Crippen molar-refractivity contribution in [2.75, 3.05) is 18.4 Å². The number of anilines is 1. The molecular formula is C29H35F3N2O. The summed E-state index contributed by atoms with van der Waals surface area (Å²) in [6.07, 6.45) is 8.16. The van der Waals surface area contributed by atoms with Gasteiger partial charge in [0.25, 0.3) is 5.91 Å². The maximum atomic E-state index is 14.5. The van der Waals surface area contributed by atoms with Crippen LogP contribution in [0.2, 0.25) is 0 Å². The summed E-state index contributed by atoms with van der Waals surface area (Å²) < 4.78 is 43.4.